The summed E-state index contributed by atoms with van der Waals surface area (Å²) >= 11 is 1.27. The van der Waals surface area contributed by atoms with Crippen molar-refractivity contribution in [2.75, 3.05) is 5.32 Å². The van der Waals surface area contributed by atoms with E-state index < -0.39 is 0 Å². The van der Waals surface area contributed by atoms with Crippen molar-refractivity contribution in [3.8, 4) is 6.07 Å². The van der Waals surface area contributed by atoms with E-state index >= 15 is 0 Å². The topological polar surface area (TPSA) is 78.7 Å². The van der Waals surface area contributed by atoms with Crippen molar-refractivity contribution in [2.24, 2.45) is 0 Å². The number of benzene rings is 1. The highest BCUT2D eigenvalue weighted by molar-refractivity contribution is 8.00. The summed E-state index contributed by atoms with van der Waals surface area (Å²) in [5.41, 5.74) is 0.954. The van der Waals surface area contributed by atoms with E-state index in [4.69, 9.17) is 5.26 Å². The summed E-state index contributed by atoms with van der Waals surface area (Å²) in [6, 6.07) is 10.7. The van der Waals surface area contributed by atoms with Crippen molar-refractivity contribution in [1.29, 1.82) is 5.26 Å². The van der Waals surface area contributed by atoms with Gasteiger partial charge in [0.25, 0.3) is 0 Å². The Balaban J connectivity index is 2.03. The number of nitrogens with zero attached hydrogens (tertiary/aromatic N) is 3. The number of nitriles is 1. The molecule has 2 aromatic rings. The van der Waals surface area contributed by atoms with Gasteiger partial charge in [0.15, 0.2) is 5.16 Å². The molecule has 0 fully saturated rings. The van der Waals surface area contributed by atoms with Gasteiger partial charge in [-0.15, -0.1) is 0 Å². The van der Waals surface area contributed by atoms with Crippen LogP contribution in [0, 0.1) is 11.3 Å². The third-order valence-corrected chi connectivity index (χ3v) is 3.49. The molecule has 0 saturated heterocycles. The Hall–Kier alpha value is -2.39. The molecule has 5 nitrogen and oxygen atoms in total. The van der Waals surface area contributed by atoms with Crippen LogP contribution >= 0.6 is 11.8 Å². The van der Waals surface area contributed by atoms with E-state index in [1.165, 1.54) is 11.8 Å². The van der Waals surface area contributed by atoms with Crippen LogP contribution < -0.4 is 5.32 Å². The van der Waals surface area contributed by atoms with Gasteiger partial charge in [-0.1, -0.05) is 23.9 Å². The number of aromatic nitrogens is 2. The molecule has 100 valence electrons. The zero-order chi connectivity index (χ0) is 14.4. The molecule has 0 radical (unpaired) electrons. The molecule has 20 heavy (non-hydrogen) atoms. The van der Waals surface area contributed by atoms with Gasteiger partial charge in [0.05, 0.1) is 16.5 Å². The van der Waals surface area contributed by atoms with E-state index in [9.17, 15) is 4.79 Å². The average Bonchev–Trinajstić information content (AvgIpc) is 2.48. The van der Waals surface area contributed by atoms with Crippen LogP contribution in [-0.4, -0.2) is 21.1 Å². The van der Waals surface area contributed by atoms with Crippen LogP contribution in [0.1, 0.15) is 12.5 Å². The van der Waals surface area contributed by atoms with Gasteiger partial charge in [0.1, 0.15) is 6.07 Å². The van der Waals surface area contributed by atoms with Crippen LogP contribution in [0.25, 0.3) is 0 Å². The number of carbonyl (C=O) groups is 1. The maximum absolute atomic E-state index is 12.1. The van der Waals surface area contributed by atoms with Crippen molar-refractivity contribution in [1.82, 2.24) is 9.97 Å². The van der Waals surface area contributed by atoms with Crippen LogP contribution in [0.5, 0.6) is 0 Å². The van der Waals surface area contributed by atoms with Gasteiger partial charge in [0, 0.05) is 12.4 Å². The second-order valence-electron chi connectivity index (χ2n) is 3.94. The summed E-state index contributed by atoms with van der Waals surface area (Å²) in [5, 5.41) is 11.9. The molecule has 0 spiro atoms. The minimum Gasteiger partial charge on any atom is -0.324 e. The van der Waals surface area contributed by atoms with E-state index in [-0.39, 0.29) is 11.2 Å². The minimum absolute atomic E-state index is 0.190. The van der Waals surface area contributed by atoms with Crippen molar-refractivity contribution in [3.63, 3.8) is 0 Å². The Labute approximate surface area is 121 Å². The fourth-order valence-corrected chi connectivity index (χ4v) is 2.21. The summed E-state index contributed by atoms with van der Waals surface area (Å²) < 4.78 is 0. The van der Waals surface area contributed by atoms with Gasteiger partial charge >= 0.3 is 0 Å². The van der Waals surface area contributed by atoms with E-state index in [0.29, 0.717) is 16.4 Å². The number of amides is 1. The normalized spacial score (nSPS) is 11.4. The average molecular weight is 284 g/mol. The number of carbonyl (C=O) groups excluding carboxylic acids is 1. The molecular weight excluding hydrogens is 272 g/mol. The first kappa shape index (κ1) is 14.0. The van der Waals surface area contributed by atoms with Gasteiger partial charge in [-0.05, 0) is 25.1 Å². The summed E-state index contributed by atoms with van der Waals surface area (Å²) in [6.45, 7) is 1.77. The quantitative estimate of drug-likeness (QED) is 0.689. The minimum atomic E-state index is -0.357. The fourth-order valence-electron chi connectivity index (χ4n) is 1.48. The Bertz CT molecular complexity index is 639. The van der Waals surface area contributed by atoms with E-state index in [2.05, 4.69) is 15.3 Å². The van der Waals surface area contributed by atoms with Gasteiger partial charge < -0.3 is 5.32 Å². The van der Waals surface area contributed by atoms with Crippen molar-refractivity contribution in [3.05, 3.63) is 48.3 Å². The molecule has 0 aliphatic heterocycles. The molecule has 1 N–H and O–H groups in total. The molecule has 2 rings (SSSR count). The van der Waals surface area contributed by atoms with Crippen LogP contribution in [0.15, 0.2) is 47.9 Å². The van der Waals surface area contributed by atoms with Gasteiger partial charge in [-0.3, -0.25) is 4.79 Å². The second-order valence-corrected chi connectivity index (χ2v) is 5.25. The highest BCUT2D eigenvalue weighted by Gasteiger charge is 2.16. The summed E-state index contributed by atoms with van der Waals surface area (Å²) in [5.74, 6) is -0.190. The predicted molar refractivity (Wildman–Crippen MR) is 77.1 cm³/mol. The molecule has 0 saturated carbocycles. The zero-order valence-corrected chi connectivity index (χ0v) is 11.6. The standard InChI is InChI=1S/C14H12N4OS/c1-10(20-14-16-7-4-8-17-14)13(19)18-12-6-3-2-5-11(12)9-15/h2-8,10H,1H3,(H,18,19)/t10-/m0/s1. The smallest absolute Gasteiger partial charge is 0.237 e. The molecule has 1 aromatic heterocycles. The Kier molecular flexibility index (Phi) is 4.69. The summed E-state index contributed by atoms with van der Waals surface area (Å²) in [6.07, 6.45) is 3.26. The first-order valence-corrected chi connectivity index (χ1v) is 6.82. The molecule has 0 bridgehead atoms. The van der Waals surface area contributed by atoms with Crippen molar-refractivity contribution in [2.45, 2.75) is 17.3 Å². The second kappa shape index (κ2) is 6.68. The SMILES string of the molecule is C[C@H](Sc1ncccn1)C(=O)Nc1ccccc1C#N. The van der Waals surface area contributed by atoms with Gasteiger partial charge in [0.2, 0.25) is 5.91 Å². The van der Waals surface area contributed by atoms with Crippen molar-refractivity contribution < 1.29 is 4.79 Å². The molecule has 6 heteroatoms. The molecule has 1 heterocycles. The number of hydrogen-bond donors (Lipinski definition) is 1. The van der Waals surface area contributed by atoms with E-state index in [0.717, 1.165) is 0 Å². The molecule has 0 aliphatic rings. The maximum Gasteiger partial charge on any atom is 0.237 e. The lowest BCUT2D eigenvalue weighted by Gasteiger charge is -2.11. The van der Waals surface area contributed by atoms with E-state index in [1.54, 1.807) is 49.6 Å². The molecule has 1 amide bonds. The number of nitrogens with one attached hydrogen (secondary N) is 1. The summed E-state index contributed by atoms with van der Waals surface area (Å²) in [4.78, 5) is 20.2. The lowest BCUT2D eigenvalue weighted by Crippen LogP contribution is -2.23. The number of para-hydroxylation sites is 1. The van der Waals surface area contributed by atoms with Crippen LogP contribution in [0.4, 0.5) is 5.69 Å². The number of hydrogen-bond acceptors (Lipinski definition) is 5. The molecular formula is C14H12N4OS. The lowest BCUT2D eigenvalue weighted by molar-refractivity contribution is -0.115. The largest absolute Gasteiger partial charge is 0.324 e. The fraction of sp³-hybridized carbons (Fsp3) is 0.143. The van der Waals surface area contributed by atoms with Crippen LogP contribution in [-0.2, 0) is 4.79 Å². The Morgan fingerprint density at radius 2 is 2.00 bits per heavy atom. The van der Waals surface area contributed by atoms with Gasteiger partial charge in [-0.25, -0.2) is 9.97 Å². The maximum atomic E-state index is 12.1. The predicted octanol–water partition coefficient (Wildman–Crippen LogP) is 2.47. The highest BCUT2D eigenvalue weighted by Crippen LogP contribution is 2.21. The van der Waals surface area contributed by atoms with Gasteiger partial charge in [-0.2, -0.15) is 5.26 Å². The Morgan fingerprint density at radius 1 is 1.30 bits per heavy atom. The van der Waals surface area contributed by atoms with Crippen LogP contribution in [0.2, 0.25) is 0 Å². The molecule has 0 aliphatic carbocycles. The monoisotopic (exact) mass is 284 g/mol. The number of rotatable bonds is 4. The molecule has 1 aromatic carbocycles. The zero-order valence-electron chi connectivity index (χ0n) is 10.8. The number of anilines is 1. The third kappa shape index (κ3) is 3.56. The van der Waals surface area contributed by atoms with Crippen LogP contribution in [0.3, 0.4) is 0 Å². The molecule has 1 atom stereocenters. The molecule has 0 unspecified atom stereocenters. The first-order chi connectivity index (χ1) is 9.70. The summed E-state index contributed by atoms with van der Waals surface area (Å²) in [7, 11) is 0. The van der Waals surface area contributed by atoms with Crippen molar-refractivity contribution >= 4 is 23.4 Å². The lowest BCUT2D eigenvalue weighted by atomic mass is 10.2. The highest BCUT2D eigenvalue weighted by atomic mass is 32.2. The first-order valence-electron chi connectivity index (χ1n) is 5.94. The van der Waals surface area contributed by atoms with E-state index in [1.807, 2.05) is 6.07 Å². The third-order valence-electron chi connectivity index (χ3n) is 2.50. The Morgan fingerprint density at radius 3 is 2.70 bits per heavy atom. The number of thioether (sulfide) groups is 1.